The molecule has 2 aliphatic rings. The van der Waals surface area contributed by atoms with E-state index in [1.807, 2.05) is 41.3 Å². The van der Waals surface area contributed by atoms with Crippen LogP contribution in [0.25, 0.3) is 6.08 Å². The summed E-state index contributed by atoms with van der Waals surface area (Å²) in [5.41, 5.74) is 2.45. The van der Waals surface area contributed by atoms with Gasteiger partial charge in [-0.1, -0.05) is 25.1 Å². The van der Waals surface area contributed by atoms with Crippen LogP contribution < -0.4 is 4.72 Å². The van der Waals surface area contributed by atoms with Gasteiger partial charge >= 0.3 is 0 Å². The first-order valence-electron chi connectivity index (χ1n) is 9.24. The van der Waals surface area contributed by atoms with Crippen LogP contribution in [0.1, 0.15) is 18.2 Å². The largest absolute Gasteiger partial charge is 0.339 e. The Hall–Kier alpha value is -2.67. The van der Waals surface area contributed by atoms with Gasteiger partial charge in [0.05, 0.1) is 11.9 Å². The second kappa shape index (κ2) is 6.74. The van der Waals surface area contributed by atoms with Crippen molar-refractivity contribution < 1.29 is 13.2 Å². The number of carbonyl (C=O) groups excluding carboxylic acids is 1. The number of aromatic nitrogens is 1. The second-order valence-electron chi connectivity index (χ2n) is 7.78. The van der Waals surface area contributed by atoms with Crippen LogP contribution in [-0.4, -0.2) is 43.6 Å². The molecule has 0 spiro atoms. The van der Waals surface area contributed by atoms with Gasteiger partial charge in [0.25, 0.3) is 0 Å². The molecule has 2 fully saturated rings. The van der Waals surface area contributed by atoms with Crippen LogP contribution in [0.3, 0.4) is 0 Å². The molecule has 1 aliphatic carbocycles. The van der Waals surface area contributed by atoms with Crippen molar-refractivity contribution in [2.75, 3.05) is 24.1 Å². The van der Waals surface area contributed by atoms with E-state index in [2.05, 4.69) is 16.6 Å². The van der Waals surface area contributed by atoms with E-state index in [-0.39, 0.29) is 11.3 Å². The highest BCUT2D eigenvalue weighted by Crippen LogP contribution is 2.63. The highest BCUT2D eigenvalue weighted by Gasteiger charge is 2.66. The van der Waals surface area contributed by atoms with Gasteiger partial charge < -0.3 is 4.90 Å². The molecule has 2 atom stereocenters. The Morgan fingerprint density at radius 2 is 1.96 bits per heavy atom. The van der Waals surface area contributed by atoms with Gasteiger partial charge in [-0.3, -0.25) is 14.5 Å². The molecule has 0 radical (unpaired) electrons. The van der Waals surface area contributed by atoms with Gasteiger partial charge in [-0.05, 0) is 47.7 Å². The van der Waals surface area contributed by atoms with Gasteiger partial charge in [0.2, 0.25) is 15.9 Å². The number of rotatable bonds is 5. The number of carbonyl (C=O) groups is 1. The predicted octanol–water partition coefficient (Wildman–Crippen LogP) is 2.51. The molecule has 1 aliphatic heterocycles. The minimum absolute atomic E-state index is 0.00713. The van der Waals surface area contributed by atoms with Crippen molar-refractivity contribution in [3.8, 4) is 0 Å². The van der Waals surface area contributed by atoms with E-state index in [1.165, 1.54) is 0 Å². The van der Waals surface area contributed by atoms with Crippen LogP contribution in [0.15, 0.2) is 54.7 Å². The summed E-state index contributed by atoms with van der Waals surface area (Å²) in [4.78, 5) is 18.6. The van der Waals surface area contributed by atoms with Crippen molar-refractivity contribution >= 4 is 27.7 Å². The number of benzene rings is 1. The number of amides is 1. The zero-order valence-electron chi connectivity index (χ0n) is 15.9. The van der Waals surface area contributed by atoms with Gasteiger partial charge in [-0.2, -0.15) is 0 Å². The molecule has 1 N–H and O–H groups in total. The maximum absolute atomic E-state index is 12.5. The Labute approximate surface area is 165 Å². The van der Waals surface area contributed by atoms with E-state index in [0.29, 0.717) is 17.5 Å². The van der Waals surface area contributed by atoms with Crippen LogP contribution in [0.2, 0.25) is 0 Å². The molecule has 7 heteroatoms. The molecule has 2 heterocycles. The number of piperidine rings is 1. The highest BCUT2D eigenvalue weighted by atomic mass is 32.2. The lowest BCUT2D eigenvalue weighted by Crippen LogP contribution is -2.33. The summed E-state index contributed by atoms with van der Waals surface area (Å²) < 4.78 is 25.5. The van der Waals surface area contributed by atoms with E-state index in [9.17, 15) is 13.2 Å². The third-order valence-corrected chi connectivity index (χ3v) is 6.54. The number of hydrogen-bond acceptors (Lipinski definition) is 4. The summed E-state index contributed by atoms with van der Waals surface area (Å²) in [5.74, 6) is 0.800. The number of nitrogens with one attached hydrogen (secondary N) is 1. The molecule has 4 rings (SSSR count). The maximum Gasteiger partial charge on any atom is 0.246 e. The van der Waals surface area contributed by atoms with E-state index >= 15 is 0 Å². The molecule has 2 unspecified atom stereocenters. The minimum Gasteiger partial charge on any atom is -0.339 e. The van der Waals surface area contributed by atoms with Crippen LogP contribution in [0.5, 0.6) is 0 Å². The first kappa shape index (κ1) is 18.7. The molecule has 1 aromatic heterocycles. The van der Waals surface area contributed by atoms with Crippen molar-refractivity contribution in [2.45, 2.75) is 12.3 Å². The molecule has 1 amide bonds. The Balaban J connectivity index is 1.42. The Morgan fingerprint density at radius 1 is 1.21 bits per heavy atom. The van der Waals surface area contributed by atoms with Crippen molar-refractivity contribution in [3.63, 3.8) is 0 Å². The average Bonchev–Trinajstić information content (AvgIpc) is 3.02. The zero-order valence-corrected chi connectivity index (χ0v) is 16.7. The quantitative estimate of drug-likeness (QED) is 0.787. The highest BCUT2D eigenvalue weighted by molar-refractivity contribution is 7.92. The normalized spacial score (nSPS) is 26.3. The minimum atomic E-state index is -3.30. The molecule has 1 aromatic carbocycles. The number of fused-ring (bicyclic) bond motifs is 1. The number of sulfonamides is 1. The molecule has 6 nitrogen and oxygen atoms in total. The number of anilines is 1. The second-order valence-corrected chi connectivity index (χ2v) is 9.53. The lowest BCUT2D eigenvalue weighted by Gasteiger charge is -2.24. The summed E-state index contributed by atoms with van der Waals surface area (Å²) in [7, 11) is -3.30. The van der Waals surface area contributed by atoms with Gasteiger partial charge in [-0.15, -0.1) is 0 Å². The molecule has 28 heavy (non-hydrogen) atoms. The lowest BCUT2D eigenvalue weighted by atomic mass is 9.92. The molecule has 146 valence electrons. The fourth-order valence-corrected chi connectivity index (χ4v) is 4.91. The van der Waals surface area contributed by atoms with Crippen molar-refractivity contribution in [2.24, 2.45) is 11.8 Å². The van der Waals surface area contributed by atoms with Crippen molar-refractivity contribution in [3.05, 3.63) is 66.0 Å². The SMILES string of the molecule is CC1(c2cccc(NS(C)(=O)=O)c2)C2CN(C(=O)C=Cc3ccccn3)CC21. The Bertz CT molecular complexity index is 1020. The smallest absolute Gasteiger partial charge is 0.246 e. The van der Waals surface area contributed by atoms with Crippen LogP contribution in [0.4, 0.5) is 5.69 Å². The summed E-state index contributed by atoms with van der Waals surface area (Å²) in [6, 6.07) is 13.2. The number of nitrogens with zero attached hydrogens (tertiary/aromatic N) is 2. The maximum atomic E-state index is 12.5. The van der Waals surface area contributed by atoms with Crippen LogP contribution in [-0.2, 0) is 20.2 Å². The topological polar surface area (TPSA) is 79.4 Å². The summed E-state index contributed by atoms with van der Waals surface area (Å²) in [6.45, 7) is 3.64. The van der Waals surface area contributed by atoms with E-state index in [1.54, 1.807) is 24.4 Å². The molecule has 2 aromatic rings. The average molecular weight is 398 g/mol. The van der Waals surface area contributed by atoms with E-state index < -0.39 is 10.0 Å². The van der Waals surface area contributed by atoms with Gasteiger partial charge in [-0.25, -0.2) is 8.42 Å². The molecular formula is C21H23N3O3S. The first-order valence-corrected chi connectivity index (χ1v) is 11.1. The fourth-order valence-electron chi connectivity index (χ4n) is 4.36. The number of likely N-dealkylation sites (tertiary alicyclic amines) is 1. The van der Waals surface area contributed by atoms with Gasteiger partial charge in [0.15, 0.2) is 0 Å². The van der Waals surface area contributed by atoms with Crippen molar-refractivity contribution in [1.82, 2.24) is 9.88 Å². The standard InChI is InChI=1S/C21H23N3O3S/c1-21(15-6-5-8-17(12-15)23-28(2,26)27)18-13-24(14-19(18)21)20(25)10-9-16-7-3-4-11-22-16/h3-12,18-19,23H,13-14H2,1-2H3. The molecule has 1 saturated heterocycles. The third kappa shape index (κ3) is 3.54. The fraction of sp³-hybridized carbons (Fsp3) is 0.333. The van der Waals surface area contributed by atoms with Crippen molar-refractivity contribution in [1.29, 1.82) is 0 Å². The third-order valence-electron chi connectivity index (χ3n) is 5.94. The number of pyridine rings is 1. The Morgan fingerprint density at radius 3 is 2.61 bits per heavy atom. The Kier molecular flexibility index (Phi) is 4.50. The molecule has 0 bridgehead atoms. The summed E-state index contributed by atoms with van der Waals surface area (Å²) in [5, 5.41) is 0. The number of hydrogen-bond donors (Lipinski definition) is 1. The summed E-state index contributed by atoms with van der Waals surface area (Å²) >= 11 is 0. The zero-order chi connectivity index (χ0) is 19.9. The molecule has 1 saturated carbocycles. The molecular weight excluding hydrogens is 374 g/mol. The monoisotopic (exact) mass is 397 g/mol. The van der Waals surface area contributed by atoms with Gasteiger partial charge in [0, 0.05) is 36.5 Å². The lowest BCUT2D eigenvalue weighted by molar-refractivity contribution is -0.125. The van der Waals surface area contributed by atoms with E-state index in [0.717, 1.165) is 30.6 Å². The van der Waals surface area contributed by atoms with Gasteiger partial charge in [0.1, 0.15) is 0 Å². The summed E-state index contributed by atoms with van der Waals surface area (Å²) in [6.07, 6.45) is 6.18. The van der Waals surface area contributed by atoms with Crippen LogP contribution >= 0.6 is 0 Å². The van der Waals surface area contributed by atoms with Crippen LogP contribution in [0, 0.1) is 11.8 Å². The first-order chi connectivity index (χ1) is 13.3. The van der Waals surface area contributed by atoms with E-state index in [4.69, 9.17) is 0 Å². The predicted molar refractivity (Wildman–Crippen MR) is 109 cm³/mol.